The monoisotopic (exact) mass is 378 g/mol. The Bertz CT molecular complexity index is 568. The lowest BCUT2D eigenvalue weighted by molar-refractivity contribution is 0.122. The molecule has 1 aliphatic rings. The third kappa shape index (κ3) is 4.56. The Labute approximate surface area is 145 Å². The molecule has 1 aliphatic heterocycles. The van der Waals surface area contributed by atoms with Crippen molar-refractivity contribution in [3.63, 3.8) is 0 Å². The predicted molar refractivity (Wildman–Crippen MR) is 96.1 cm³/mol. The summed E-state index contributed by atoms with van der Waals surface area (Å²) in [5, 5.41) is 0.825. The predicted octanol–water partition coefficient (Wildman–Crippen LogP) is 4.42. The molecule has 1 saturated heterocycles. The summed E-state index contributed by atoms with van der Waals surface area (Å²) in [6, 6.07) is 16.8. The second-order valence-corrected chi connectivity index (χ2v) is 7.16. The summed E-state index contributed by atoms with van der Waals surface area (Å²) in [5.74, 6) is 0. The first-order valence-corrected chi connectivity index (χ1v) is 8.80. The highest BCUT2D eigenvalue weighted by Crippen LogP contribution is 2.16. The minimum Gasteiger partial charge on any atom is -0.297 e. The van der Waals surface area contributed by atoms with E-state index < -0.39 is 0 Å². The number of hydrogen-bond donors (Lipinski definition) is 0. The fraction of sp³-hybridized carbons (Fsp3) is 0.333. The van der Waals surface area contributed by atoms with Crippen molar-refractivity contribution < 1.29 is 0 Å². The molecule has 2 aromatic rings. The van der Waals surface area contributed by atoms with Crippen molar-refractivity contribution in [3.8, 4) is 0 Å². The number of piperazine rings is 1. The molecule has 0 amide bonds. The summed E-state index contributed by atoms with van der Waals surface area (Å²) in [6.45, 7) is 6.48. The highest BCUT2D eigenvalue weighted by molar-refractivity contribution is 9.10. The highest BCUT2D eigenvalue weighted by Gasteiger charge is 2.17. The van der Waals surface area contributed by atoms with Gasteiger partial charge in [0.05, 0.1) is 0 Å². The van der Waals surface area contributed by atoms with Gasteiger partial charge >= 0.3 is 0 Å². The molecule has 0 aliphatic carbocycles. The van der Waals surface area contributed by atoms with E-state index in [2.05, 4.69) is 62.1 Å². The second-order valence-electron chi connectivity index (χ2n) is 5.81. The molecule has 0 unspecified atom stereocenters. The van der Waals surface area contributed by atoms with Gasteiger partial charge in [-0.15, -0.1) is 0 Å². The van der Waals surface area contributed by atoms with E-state index in [1.807, 2.05) is 12.1 Å². The molecule has 0 saturated carbocycles. The average Bonchev–Trinajstić information content (AvgIpc) is 2.49. The van der Waals surface area contributed by atoms with Crippen LogP contribution < -0.4 is 0 Å². The normalized spacial score (nSPS) is 16.8. The topological polar surface area (TPSA) is 6.48 Å². The minimum absolute atomic E-state index is 0.825. The fourth-order valence-corrected chi connectivity index (χ4v) is 3.55. The lowest BCUT2D eigenvalue weighted by Gasteiger charge is -2.34. The van der Waals surface area contributed by atoms with E-state index >= 15 is 0 Å². The number of hydrogen-bond acceptors (Lipinski definition) is 2. The zero-order valence-corrected chi connectivity index (χ0v) is 14.9. The lowest BCUT2D eigenvalue weighted by Crippen LogP contribution is -2.45. The van der Waals surface area contributed by atoms with E-state index in [4.69, 9.17) is 11.6 Å². The molecule has 3 rings (SSSR count). The number of halogens is 2. The summed E-state index contributed by atoms with van der Waals surface area (Å²) in [7, 11) is 0. The van der Waals surface area contributed by atoms with Gasteiger partial charge in [-0.3, -0.25) is 9.80 Å². The molecule has 0 aromatic heterocycles. The minimum atomic E-state index is 0.825. The lowest BCUT2D eigenvalue weighted by atomic mass is 10.1. The van der Waals surface area contributed by atoms with Crippen LogP contribution in [0.5, 0.6) is 0 Å². The van der Waals surface area contributed by atoms with Gasteiger partial charge in [-0.1, -0.05) is 51.8 Å². The second kappa shape index (κ2) is 7.60. The maximum Gasteiger partial charge on any atom is 0.0409 e. The molecular formula is C18H20BrClN2. The zero-order valence-electron chi connectivity index (χ0n) is 12.5. The number of rotatable bonds is 4. The van der Waals surface area contributed by atoms with Crippen molar-refractivity contribution in [2.45, 2.75) is 13.1 Å². The Balaban J connectivity index is 1.50. The SMILES string of the molecule is Clc1cccc(CN2CCN(Cc3cccc(Br)c3)CC2)c1. The smallest absolute Gasteiger partial charge is 0.0409 e. The molecule has 0 bridgehead atoms. The first-order valence-electron chi connectivity index (χ1n) is 7.63. The van der Waals surface area contributed by atoms with Crippen molar-refractivity contribution in [3.05, 3.63) is 69.2 Å². The summed E-state index contributed by atoms with van der Waals surface area (Å²) in [5.41, 5.74) is 2.67. The Morgan fingerprint density at radius 1 is 0.818 bits per heavy atom. The Morgan fingerprint density at radius 2 is 1.36 bits per heavy atom. The van der Waals surface area contributed by atoms with Gasteiger partial charge in [0, 0.05) is 48.8 Å². The van der Waals surface area contributed by atoms with Crippen LogP contribution in [0.2, 0.25) is 5.02 Å². The molecule has 0 spiro atoms. The van der Waals surface area contributed by atoms with Crippen molar-refractivity contribution in [1.82, 2.24) is 9.80 Å². The first-order chi connectivity index (χ1) is 10.7. The quantitative estimate of drug-likeness (QED) is 0.776. The molecule has 0 N–H and O–H groups in total. The van der Waals surface area contributed by atoms with E-state index in [9.17, 15) is 0 Å². The van der Waals surface area contributed by atoms with E-state index in [-0.39, 0.29) is 0 Å². The van der Waals surface area contributed by atoms with Crippen LogP contribution in [0.1, 0.15) is 11.1 Å². The number of nitrogens with zero attached hydrogens (tertiary/aromatic N) is 2. The van der Waals surface area contributed by atoms with Crippen molar-refractivity contribution >= 4 is 27.5 Å². The molecule has 2 aromatic carbocycles. The maximum absolute atomic E-state index is 6.06. The molecule has 1 heterocycles. The van der Waals surface area contributed by atoms with Crippen LogP contribution in [0.4, 0.5) is 0 Å². The Morgan fingerprint density at radius 3 is 1.91 bits per heavy atom. The summed E-state index contributed by atoms with van der Waals surface area (Å²) in [4.78, 5) is 5.03. The Hall–Kier alpha value is -0.870. The summed E-state index contributed by atoms with van der Waals surface area (Å²) < 4.78 is 1.16. The molecule has 4 heteroatoms. The largest absolute Gasteiger partial charge is 0.297 e. The van der Waals surface area contributed by atoms with Gasteiger partial charge in [0.25, 0.3) is 0 Å². The molecule has 1 fully saturated rings. The molecule has 0 radical (unpaired) electrons. The van der Waals surface area contributed by atoms with Crippen LogP contribution in [-0.4, -0.2) is 36.0 Å². The fourth-order valence-electron chi connectivity index (χ4n) is 2.89. The van der Waals surface area contributed by atoms with Crippen LogP contribution in [0.3, 0.4) is 0 Å². The van der Waals surface area contributed by atoms with Crippen LogP contribution in [0, 0.1) is 0 Å². The third-order valence-corrected chi connectivity index (χ3v) is 4.78. The van der Waals surface area contributed by atoms with E-state index in [1.165, 1.54) is 11.1 Å². The van der Waals surface area contributed by atoms with Gasteiger partial charge in [0.1, 0.15) is 0 Å². The van der Waals surface area contributed by atoms with Gasteiger partial charge in [-0.25, -0.2) is 0 Å². The molecular weight excluding hydrogens is 360 g/mol. The number of benzene rings is 2. The van der Waals surface area contributed by atoms with Gasteiger partial charge in [0.2, 0.25) is 0 Å². The summed E-state index contributed by atoms with van der Waals surface area (Å²) in [6.07, 6.45) is 0. The van der Waals surface area contributed by atoms with Crippen LogP contribution in [0.15, 0.2) is 53.0 Å². The highest BCUT2D eigenvalue weighted by atomic mass is 79.9. The van der Waals surface area contributed by atoms with Crippen LogP contribution >= 0.6 is 27.5 Å². The van der Waals surface area contributed by atoms with Gasteiger partial charge in [0.15, 0.2) is 0 Å². The first kappa shape index (κ1) is 16.0. The van der Waals surface area contributed by atoms with Crippen LogP contribution in [0.25, 0.3) is 0 Å². The molecule has 0 atom stereocenters. The van der Waals surface area contributed by atoms with Crippen molar-refractivity contribution in [2.24, 2.45) is 0 Å². The summed E-state index contributed by atoms with van der Waals surface area (Å²) >= 11 is 9.60. The maximum atomic E-state index is 6.06. The van der Waals surface area contributed by atoms with Crippen LogP contribution in [-0.2, 0) is 13.1 Å². The molecule has 2 nitrogen and oxygen atoms in total. The van der Waals surface area contributed by atoms with Gasteiger partial charge in [-0.2, -0.15) is 0 Å². The molecule has 22 heavy (non-hydrogen) atoms. The zero-order chi connectivity index (χ0) is 15.4. The molecule has 116 valence electrons. The Kier molecular flexibility index (Phi) is 5.53. The van der Waals surface area contributed by atoms with E-state index in [0.717, 1.165) is 48.8 Å². The van der Waals surface area contributed by atoms with Gasteiger partial charge in [-0.05, 0) is 35.4 Å². The van der Waals surface area contributed by atoms with Crippen molar-refractivity contribution in [1.29, 1.82) is 0 Å². The van der Waals surface area contributed by atoms with E-state index in [0.29, 0.717) is 0 Å². The standard InChI is InChI=1S/C18H20BrClN2/c19-17-5-1-3-15(11-17)13-21-7-9-22(10-8-21)14-16-4-2-6-18(20)12-16/h1-6,11-12H,7-10,13-14H2. The van der Waals surface area contributed by atoms with Crippen molar-refractivity contribution in [2.75, 3.05) is 26.2 Å². The van der Waals surface area contributed by atoms with E-state index in [1.54, 1.807) is 0 Å². The van der Waals surface area contributed by atoms with Gasteiger partial charge < -0.3 is 0 Å². The third-order valence-electron chi connectivity index (χ3n) is 4.06. The average molecular weight is 380 g/mol.